The van der Waals surface area contributed by atoms with Crippen LogP contribution in [0.25, 0.3) is 0 Å². The molecule has 0 aliphatic rings. The predicted octanol–water partition coefficient (Wildman–Crippen LogP) is 2.95. The maximum absolute atomic E-state index is 13.1. The highest BCUT2D eigenvalue weighted by Gasteiger charge is 2.25. The van der Waals surface area contributed by atoms with Crippen LogP contribution in [0.1, 0.15) is 27.9 Å². The molecule has 2 aromatic carbocycles. The van der Waals surface area contributed by atoms with Crippen molar-refractivity contribution in [1.82, 2.24) is 15.6 Å². The van der Waals surface area contributed by atoms with Gasteiger partial charge in [0, 0.05) is 11.8 Å². The Labute approximate surface area is 200 Å². The van der Waals surface area contributed by atoms with Crippen LogP contribution in [-0.2, 0) is 27.9 Å². The van der Waals surface area contributed by atoms with Crippen LogP contribution < -0.4 is 15.4 Å². The lowest BCUT2D eigenvalue weighted by Gasteiger charge is -2.22. The van der Waals surface area contributed by atoms with E-state index in [0.717, 1.165) is 16.1 Å². The van der Waals surface area contributed by atoms with E-state index in [0.29, 0.717) is 12.1 Å². The van der Waals surface area contributed by atoms with Crippen molar-refractivity contribution in [2.24, 2.45) is 0 Å². The van der Waals surface area contributed by atoms with Gasteiger partial charge in [-0.25, -0.2) is 9.78 Å². The smallest absolute Gasteiger partial charge is 0.405 e. The molecule has 0 unspecified atom stereocenters. The van der Waals surface area contributed by atoms with Crippen molar-refractivity contribution in [3.63, 3.8) is 0 Å². The van der Waals surface area contributed by atoms with Gasteiger partial charge in [-0.05, 0) is 36.6 Å². The number of nitrogens with zero attached hydrogens (tertiary/aromatic N) is 1. The van der Waals surface area contributed by atoms with Crippen molar-refractivity contribution >= 4 is 39.3 Å². The molecule has 3 aromatic rings. The molecule has 0 spiro atoms. The van der Waals surface area contributed by atoms with E-state index in [1.807, 2.05) is 47.4 Å². The molecular formula is C22H24N4O6S2. The summed E-state index contributed by atoms with van der Waals surface area (Å²) < 4.78 is 32.9. The summed E-state index contributed by atoms with van der Waals surface area (Å²) >= 11 is 1.42. The number of carboxylic acid groups (broad SMARTS) is 1. The van der Waals surface area contributed by atoms with E-state index >= 15 is 0 Å². The Morgan fingerprint density at radius 3 is 2.21 bits per heavy atom. The first-order chi connectivity index (χ1) is 16.1. The van der Waals surface area contributed by atoms with Crippen molar-refractivity contribution in [2.45, 2.75) is 31.8 Å². The van der Waals surface area contributed by atoms with Gasteiger partial charge < -0.3 is 15.7 Å². The van der Waals surface area contributed by atoms with E-state index < -0.39 is 34.4 Å². The second kappa shape index (κ2) is 11.1. The van der Waals surface area contributed by atoms with Gasteiger partial charge in [-0.2, -0.15) is 8.42 Å². The molecule has 0 aliphatic carbocycles. The second-order valence-corrected chi connectivity index (χ2v) is 9.74. The lowest BCUT2D eigenvalue weighted by atomic mass is 10.0. The number of anilines is 1. The van der Waals surface area contributed by atoms with Crippen LogP contribution in [0.5, 0.6) is 0 Å². The Bertz CT molecular complexity index is 1230. The van der Waals surface area contributed by atoms with E-state index in [4.69, 9.17) is 4.55 Å². The second-order valence-electron chi connectivity index (χ2n) is 7.52. The monoisotopic (exact) mass is 504 g/mol. The first-order valence-corrected chi connectivity index (χ1v) is 12.5. The van der Waals surface area contributed by atoms with Gasteiger partial charge in [0.05, 0.1) is 22.4 Å². The van der Waals surface area contributed by atoms with Crippen LogP contribution in [0.4, 0.5) is 10.5 Å². The summed E-state index contributed by atoms with van der Waals surface area (Å²) in [4.78, 5) is 28.9. The molecule has 1 aromatic heterocycles. The Morgan fingerprint density at radius 2 is 1.65 bits per heavy atom. The molecule has 0 aliphatic heterocycles. The molecule has 2 amide bonds. The number of benzene rings is 2. The largest absolute Gasteiger partial charge is 0.465 e. The summed E-state index contributed by atoms with van der Waals surface area (Å²) in [5.41, 5.74) is 2.39. The number of rotatable bonds is 10. The maximum Gasteiger partial charge on any atom is 0.405 e. The van der Waals surface area contributed by atoms with Gasteiger partial charge in [0.25, 0.3) is 0 Å². The fraction of sp³-hybridized carbons (Fsp3) is 0.227. The third kappa shape index (κ3) is 7.83. The third-order valence-electron chi connectivity index (χ3n) is 4.85. The number of aryl methyl sites for hydroxylation is 1. The van der Waals surface area contributed by atoms with Crippen molar-refractivity contribution in [2.75, 3.05) is 4.72 Å². The van der Waals surface area contributed by atoms with Gasteiger partial charge >= 0.3 is 16.4 Å². The van der Waals surface area contributed by atoms with Gasteiger partial charge in [0.2, 0.25) is 5.91 Å². The Morgan fingerprint density at radius 1 is 1.00 bits per heavy atom. The van der Waals surface area contributed by atoms with Crippen molar-refractivity contribution in [1.29, 1.82) is 0 Å². The number of aromatic nitrogens is 1. The molecular weight excluding hydrogens is 480 g/mol. The maximum atomic E-state index is 13.1. The SMILES string of the molecule is Cc1nc([C@H](Cc2ccc(NS(=O)(=O)O)cc2)NC(=O)[C@H](Cc2ccccc2)NC(=O)O)cs1. The molecule has 0 radical (unpaired) electrons. The zero-order chi connectivity index (χ0) is 24.7. The number of amides is 2. The summed E-state index contributed by atoms with van der Waals surface area (Å²) in [7, 11) is -4.39. The van der Waals surface area contributed by atoms with E-state index in [9.17, 15) is 23.1 Å². The van der Waals surface area contributed by atoms with Gasteiger partial charge in [-0.3, -0.25) is 14.1 Å². The van der Waals surface area contributed by atoms with Crippen LogP contribution in [0.2, 0.25) is 0 Å². The van der Waals surface area contributed by atoms with Crippen molar-refractivity contribution in [3.8, 4) is 0 Å². The van der Waals surface area contributed by atoms with Crippen molar-refractivity contribution < 1.29 is 27.7 Å². The highest BCUT2D eigenvalue weighted by Crippen LogP contribution is 2.22. The lowest BCUT2D eigenvalue weighted by Crippen LogP contribution is -2.48. The summed E-state index contributed by atoms with van der Waals surface area (Å²) in [5.74, 6) is -0.494. The summed E-state index contributed by atoms with van der Waals surface area (Å²) in [6, 6.07) is 13.8. The number of hydrogen-bond acceptors (Lipinski definition) is 6. The zero-order valence-corrected chi connectivity index (χ0v) is 19.8. The predicted molar refractivity (Wildman–Crippen MR) is 128 cm³/mol. The van der Waals surface area contributed by atoms with Crippen molar-refractivity contribution in [3.05, 3.63) is 81.8 Å². The Kier molecular flexibility index (Phi) is 8.21. The highest BCUT2D eigenvalue weighted by atomic mass is 32.2. The normalized spacial score (nSPS) is 13.0. The summed E-state index contributed by atoms with van der Waals surface area (Å²) in [5, 5.41) is 17.1. The molecule has 10 nitrogen and oxygen atoms in total. The minimum atomic E-state index is -4.39. The van der Waals surface area contributed by atoms with E-state index in [2.05, 4.69) is 15.6 Å². The Hall–Kier alpha value is -3.48. The molecule has 0 saturated carbocycles. The molecule has 34 heavy (non-hydrogen) atoms. The van der Waals surface area contributed by atoms with Gasteiger partial charge in [0.15, 0.2) is 0 Å². The quantitative estimate of drug-likeness (QED) is 0.266. The number of nitrogens with one attached hydrogen (secondary N) is 3. The standard InChI is InChI=1S/C22H24N4O6S2/c1-14-23-20(13-33-14)18(11-16-7-9-17(10-8-16)26-34(30,31)32)24-21(27)19(25-22(28)29)12-15-5-3-2-4-6-15/h2-10,13,18-19,25-26H,11-12H2,1H3,(H,24,27)(H,28,29)(H,30,31,32)/t18-,19-/m0/s1. The van der Waals surface area contributed by atoms with Crippen LogP contribution in [0, 0.1) is 6.92 Å². The number of hydrogen-bond donors (Lipinski definition) is 5. The fourth-order valence-electron chi connectivity index (χ4n) is 3.34. The lowest BCUT2D eigenvalue weighted by molar-refractivity contribution is -0.123. The Balaban J connectivity index is 1.79. The number of carbonyl (C=O) groups excluding carboxylic acids is 1. The molecule has 2 atom stereocenters. The molecule has 0 saturated heterocycles. The molecule has 1 heterocycles. The summed E-state index contributed by atoms with van der Waals surface area (Å²) in [6.07, 6.45) is -0.802. The first kappa shape index (κ1) is 25.1. The minimum Gasteiger partial charge on any atom is -0.465 e. The minimum absolute atomic E-state index is 0.178. The van der Waals surface area contributed by atoms with Crippen LogP contribution in [0.3, 0.4) is 0 Å². The van der Waals surface area contributed by atoms with Crippen LogP contribution in [-0.4, -0.2) is 41.1 Å². The van der Waals surface area contributed by atoms with Gasteiger partial charge in [0.1, 0.15) is 6.04 Å². The van der Waals surface area contributed by atoms with Gasteiger partial charge in [-0.1, -0.05) is 42.5 Å². The molecule has 0 bridgehead atoms. The fourth-order valence-corrected chi connectivity index (χ4v) is 4.44. The van der Waals surface area contributed by atoms with E-state index in [1.165, 1.54) is 23.5 Å². The average molecular weight is 505 g/mol. The first-order valence-electron chi connectivity index (χ1n) is 10.2. The number of thiazole rings is 1. The van der Waals surface area contributed by atoms with E-state index in [1.54, 1.807) is 12.1 Å². The average Bonchev–Trinajstić information content (AvgIpc) is 3.20. The van der Waals surface area contributed by atoms with Gasteiger partial charge in [-0.15, -0.1) is 11.3 Å². The van der Waals surface area contributed by atoms with Crippen LogP contribution >= 0.6 is 11.3 Å². The topological polar surface area (TPSA) is 158 Å². The zero-order valence-electron chi connectivity index (χ0n) is 18.1. The highest BCUT2D eigenvalue weighted by molar-refractivity contribution is 7.87. The third-order valence-corrected chi connectivity index (χ3v) is 6.13. The molecule has 12 heteroatoms. The summed E-state index contributed by atoms with van der Waals surface area (Å²) in [6.45, 7) is 1.84. The number of carbonyl (C=O) groups is 2. The van der Waals surface area contributed by atoms with E-state index in [-0.39, 0.29) is 12.1 Å². The molecule has 180 valence electrons. The molecule has 0 fully saturated rings. The van der Waals surface area contributed by atoms with Crippen LogP contribution in [0.15, 0.2) is 60.0 Å². The molecule has 5 N–H and O–H groups in total. The molecule has 3 rings (SSSR count).